The lowest BCUT2D eigenvalue weighted by atomic mass is 10.5. The van der Waals surface area contributed by atoms with Crippen LogP contribution in [-0.2, 0) is 9.53 Å². The molecule has 0 saturated heterocycles. The van der Waals surface area contributed by atoms with Crippen LogP contribution in [0.25, 0.3) is 0 Å². The maximum atomic E-state index is 10.5. The Hall–Kier alpha value is -0.180. The Balaban J connectivity index is 3.93. The number of carbonyl (C=O) groups is 1. The molecule has 0 fully saturated rings. The number of hydrogen-bond donors (Lipinski definition) is 0. The molecule has 11 heavy (non-hydrogen) atoms. The van der Waals surface area contributed by atoms with E-state index in [2.05, 4.69) is 11.3 Å². The molecule has 0 aromatic rings. The molecule has 5 heteroatoms. The van der Waals surface area contributed by atoms with Gasteiger partial charge < -0.3 is 4.74 Å². The maximum Gasteiger partial charge on any atom is 0.335 e. The number of carbonyl (C=O) groups excluding carboxylic acids is 1. The molecule has 0 unspecified atom stereocenters. The van der Waals surface area contributed by atoms with Crippen molar-refractivity contribution in [2.45, 2.75) is 3.79 Å². The Kier molecular flexibility index (Phi) is 4.57. The van der Waals surface area contributed by atoms with E-state index in [1.54, 1.807) is 0 Å². The average molecular weight is 215 g/mol. The molecule has 0 amide bonds. The molecule has 0 aliphatic heterocycles. The third kappa shape index (κ3) is 7.72. The Morgan fingerprint density at radius 2 is 2.00 bits per heavy atom. The highest BCUT2D eigenvalue weighted by molar-refractivity contribution is 6.69. The first kappa shape index (κ1) is 10.8. The Bertz CT molecular complexity index is 181. The van der Waals surface area contributed by atoms with E-state index in [0.29, 0.717) is 0 Å². The number of hydrogen-bond acceptors (Lipinski definition) is 2. The SMILES string of the molecule is C=COC(=O)C=CC(Cl)(Cl)Cl. The third-order valence-electron chi connectivity index (χ3n) is 0.608. The molecule has 0 aromatic carbocycles. The van der Waals surface area contributed by atoms with E-state index < -0.39 is 9.76 Å². The molecular weight excluding hydrogens is 210 g/mol. The fourth-order valence-electron chi connectivity index (χ4n) is 0.284. The number of alkyl halides is 3. The summed E-state index contributed by atoms with van der Waals surface area (Å²) < 4.78 is 2.73. The van der Waals surface area contributed by atoms with Gasteiger partial charge >= 0.3 is 5.97 Å². The lowest BCUT2D eigenvalue weighted by Gasteiger charge is -2.00. The fourth-order valence-corrected chi connectivity index (χ4v) is 0.473. The summed E-state index contributed by atoms with van der Waals surface area (Å²) in [6.45, 7) is 3.17. The molecule has 0 spiro atoms. The van der Waals surface area contributed by atoms with Gasteiger partial charge in [-0.25, -0.2) is 4.79 Å². The van der Waals surface area contributed by atoms with E-state index in [4.69, 9.17) is 34.8 Å². The van der Waals surface area contributed by atoms with Crippen molar-refractivity contribution >= 4 is 40.8 Å². The third-order valence-corrected chi connectivity index (χ3v) is 0.986. The minimum atomic E-state index is -1.57. The minimum Gasteiger partial charge on any atom is -0.432 e. The predicted octanol–water partition coefficient (Wildman–Crippen LogP) is 2.60. The topological polar surface area (TPSA) is 26.3 Å². The van der Waals surface area contributed by atoms with Crippen molar-refractivity contribution < 1.29 is 9.53 Å². The van der Waals surface area contributed by atoms with Crippen LogP contribution in [0.15, 0.2) is 25.0 Å². The van der Waals surface area contributed by atoms with Crippen LogP contribution in [-0.4, -0.2) is 9.76 Å². The van der Waals surface area contributed by atoms with E-state index in [1.165, 1.54) is 0 Å². The van der Waals surface area contributed by atoms with Crippen molar-refractivity contribution in [3.05, 3.63) is 25.0 Å². The number of rotatable bonds is 2. The zero-order valence-electron chi connectivity index (χ0n) is 5.39. The fraction of sp³-hybridized carbons (Fsp3) is 0.167. The van der Waals surface area contributed by atoms with Crippen LogP contribution in [0, 0.1) is 0 Å². The van der Waals surface area contributed by atoms with E-state index >= 15 is 0 Å². The van der Waals surface area contributed by atoms with Crippen molar-refractivity contribution in [3.8, 4) is 0 Å². The number of halogens is 3. The molecule has 0 N–H and O–H groups in total. The Labute approximate surface area is 79.4 Å². The highest BCUT2D eigenvalue weighted by Crippen LogP contribution is 2.27. The second kappa shape index (κ2) is 4.65. The second-order valence-electron chi connectivity index (χ2n) is 1.48. The van der Waals surface area contributed by atoms with E-state index in [0.717, 1.165) is 18.4 Å². The van der Waals surface area contributed by atoms with Crippen LogP contribution in [0.1, 0.15) is 0 Å². The monoisotopic (exact) mass is 214 g/mol. The number of allylic oxidation sites excluding steroid dienone is 1. The summed E-state index contributed by atoms with van der Waals surface area (Å²) in [5, 5.41) is 0. The quantitative estimate of drug-likeness (QED) is 0.306. The van der Waals surface area contributed by atoms with E-state index in [9.17, 15) is 4.79 Å². The zero-order chi connectivity index (χ0) is 8.91. The maximum absolute atomic E-state index is 10.5. The standard InChI is InChI=1S/C6H5Cl3O2/c1-2-11-5(10)3-4-6(7,8)9/h2-4H,1H2. The largest absolute Gasteiger partial charge is 0.432 e. The van der Waals surface area contributed by atoms with Crippen LogP contribution in [0.5, 0.6) is 0 Å². The van der Waals surface area contributed by atoms with Gasteiger partial charge in [-0.2, -0.15) is 0 Å². The van der Waals surface area contributed by atoms with E-state index in [-0.39, 0.29) is 0 Å². The molecule has 0 radical (unpaired) electrons. The molecule has 2 nitrogen and oxygen atoms in total. The van der Waals surface area contributed by atoms with Crippen LogP contribution in [0.4, 0.5) is 0 Å². The van der Waals surface area contributed by atoms with Gasteiger partial charge in [-0.3, -0.25) is 0 Å². The summed E-state index contributed by atoms with van der Waals surface area (Å²) in [6.07, 6.45) is 3.09. The molecule has 0 saturated carbocycles. The van der Waals surface area contributed by atoms with Crippen LogP contribution >= 0.6 is 34.8 Å². The molecule has 0 aliphatic rings. The molecule has 0 atom stereocenters. The smallest absolute Gasteiger partial charge is 0.335 e. The lowest BCUT2D eigenvalue weighted by molar-refractivity contribution is -0.132. The minimum absolute atomic E-state index is 0.633. The van der Waals surface area contributed by atoms with E-state index in [1.807, 2.05) is 0 Å². The first-order valence-corrected chi connectivity index (χ1v) is 3.66. The van der Waals surface area contributed by atoms with Gasteiger partial charge in [-0.05, 0) is 6.08 Å². The van der Waals surface area contributed by atoms with Crippen LogP contribution < -0.4 is 0 Å². The van der Waals surface area contributed by atoms with Crippen molar-refractivity contribution in [1.82, 2.24) is 0 Å². The van der Waals surface area contributed by atoms with Crippen molar-refractivity contribution in [2.75, 3.05) is 0 Å². The van der Waals surface area contributed by atoms with Crippen LogP contribution in [0.3, 0.4) is 0 Å². The summed E-state index contributed by atoms with van der Waals surface area (Å²) in [7, 11) is 0. The lowest BCUT2D eigenvalue weighted by Crippen LogP contribution is -1.99. The highest BCUT2D eigenvalue weighted by Gasteiger charge is 2.14. The molecular formula is C6H5Cl3O2. The second-order valence-corrected chi connectivity index (χ2v) is 3.85. The predicted molar refractivity (Wildman–Crippen MR) is 45.7 cm³/mol. The zero-order valence-corrected chi connectivity index (χ0v) is 7.66. The molecule has 0 aromatic heterocycles. The summed E-state index contributed by atoms with van der Waals surface area (Å²) in [5.74, 6) is -0.633. The molecule has 0 aliphatic carbocycles. The van der Waals surface area contributed by atoms with Gasteiger partial charge in [0.2, 0.25) is 3.79 Å². The molecule has 0 bridgehead atoms. The van der Waals surface area contributed by atoms with Gasteiger partial charge in [-0.15, -0.1) is 0 Å². The Morgan fingerprint density at radius 1 is 1.45 bits per heavy atom. The van der Waals surface area contributed by atoms with Crippen molar-refractivity contribution in [3.63, 3.8) is 0 Å². The molecule has 0 heterocycles. The molecule has 62 valence electrons. The normalized spacial score (nSPS) is 11.5. The number of esters is 1. The summed E-state index contributed by atoms with van der Waals surface area (Å²) >= 11 is 15.9. The first-order chi connectivity index (χ1) is 4.95. The average Bonchev–Trinajstić information content (AvgIpc) is 1.83. The van der Waals surface area contributed by atoms with Gasteiger partial charge in [0.25, 0.3) is 0 Å². The molecule has 0 rings (SSSR count). The van der Waals surface area contributed by atoms with Gasteiger partial charge in [-0.1, -0.05) is 41.4 Å². The van der Waals surface area contributed by atoms with Gasteiger partial charge in [0.1, 0.15) is 0 Å². The van der Waals surface area contributed by atoms with Gasteiger partial charge in [0, 0.05) is 6.08 Å². The van der Waals surface area contributed by atoms with Crippen LogP contribution in [0.2, 0.25) is 0 Å². The summed E-state index contributed by atoms with van der Waals surface area (Å²) in [4.78, 5) is 10.5. The van der Waals surface area contributed by atoms with Gasteiger partial charge in [0.05, 0.1) is 6.26 Å². The van der Waals surface area contributed by atoms with Crippen molar-refractivity contribution in [2.24, 2.45) is 0 Å². The van der Waals surface area contributed by atoms with Gasteiger partial charge in [0.15, 0.2) is 0 Å². The summed E-state index contributed by atoms with van der Waals surface area (Å²) in [5.41, 5.74) is 0. The summed E-state index contributed by atoms with van der Waals surface area (Å²) in [6, 6.07) is 0. The highest BCUT2D eigenvalue weighted by atomic mass is 35.6. The first-order valence-electron chi connectivity index (χ1n) is 2.53. The van der Waals surface area contributed by atoms with Crippen molar-refractivity contribution in [1.29, 1.82) is 0 Å². The Morgan fingerprint density at radius 3 is 2.36 bits per heavy atom. The number of ether oxygens (including phenoxy) is 1.